The zero-order chi connectivity index (χ0) is 42.6. The maximum absolute atomic E-state index is 14.7. The molecule has 8 rings (SSSR count). The molecule has 2 aromatic heterocycles. The minimum Gasteiger partial charge on any atom is -0.472 e. The van der Waals surface area contributed by atoms with Crippen LogP contribution >= 0.6 is 0 Å². The number of aromatic nitrogens is 2. The fourth-order valence-electron chi connectivity index (χ4n) is 8.34. The van der Waals surface area contributed by atoms with E-state index in [9.17, 15) is 40.8 Å². The Morgan fingerprint density at radius 2 is 1.80 bits per heavy atom. The number of nitrogens with zero attached hydrogens (tertiary/aromatic N) is 3. The van der Waals surface area contributed by atoms with Gasteiger partial charge in [0.2, 0.25) is 27.7 Å². The molecule has 318 valence electrons. The Morgan fingerprint density at radius 3 is 2.53 bits per heavy atom. The lowest BCUT2D eigenvalue weighted by Gasteiger charge is -2.29. The predicted molar refractivity (Wildman–Crippen MR) is 210 cm³/mol. The van der Waals surface area contributed by atoms with E-state index in [1.54, 1.807) is 38.1 Å². The Hall–Kier alpha value is -5.52. The van der Waals surface area contributed by atoms with Gasteiger partial charge in [-0.05, 0) is 87.9 Å². The number of sulfonamides is 1. The third-order valence-electron chi connectivity index (χ3n) is 12.2. The van der Waals surface area contributed by atoms with E-state index in [4.69, 9.17) is 9.26 Å². The highest BCUT2D eigenvalue weighted by Gasteiger charge is 2.62. The Balaban J connectivity index is 1.14. The molecule has 4 heterocycles. The highest BCUT2D eigenvalue weighted by Crippen LogP contribution is 2.57. The number of nitrogens with one attached hydrogen (secondary N) is 2. The molecule has 4 aliphatic rings. The quantitative estimate of drug-likeness (QED) is 0.152. The van der Waals surface area contributed by atoms with Crippen LogP contribution in [0.25, 0.3) is 21.7 Å². The van der Waals surface area contributed by atoms with E-state index in [0.29, 0.717) is 54.2 Å². The maximum atomic E-state index is 14.7. The summed E-state index contributed by atoms with van der Waals surface area (Å²) in [5.41, 5.74) is -0.947. The lowest BCUT2D eigenvalue weighted by Crippen LogP contribution is -2.52. The van der Waals surface area contributed by atoms with Crippen LogP contribution in [0.4, 0.5) is 13.2 Å². The van der Waals surface area contributed by atoms with Gasteiger partial charge >= 0.3 is 6.36 Å². The van der Waals surface area contributed by atoms with Crippen LogP contribution in [0.3, 0.4) is 0 Å². The summed E-state index contributed by atoms with van der Waals surface area (Å²) in [6, 6.07) is 9.93. The normalized spacial score (nSPS) is 26.3. The van der Waals surface area contributed by atoms with Crippen molar-refractivity contribution in [2.24, 2.45) is 11.3 Å². The average Bonchev–Trinajstić information content (AvgIpc) is 3.99. The van der Waals surface area contributed by atoms with Crippen LogP contribution in [-0.2, 0) is 24.4 Å². The van der Waals surface area contributed by atoms with Crippen molar-refractivity contribution in [3.05, 3.63) is 72.1 Å². The van der Waals surface area contributed by atoms with Gasteiger partial charge in [-0.2, -0.15) is 0 Å². The van der Waals surface area contributed by atoms with E-state index in [-0.39, 0.29) is 49.2 Å². The van der Waals surface area contributed by atoms with Crippen LogP contribution in [0, 0.1) is 18.3 Å². The number of hydrogen-bond donors (Lipinski definition) is 2. The second-order valence-corrected chi connectivity index (χ2v) is 18.8. The fourth-order valence-corrected chi connectivity index (χ4v) is 9.68. The Labute approximate surface area is 343 Å². The molecular formula is C42H44F3N5O9S. The van der Waals surface area contributed by atoms with E-state index < -0.39 is 79.9 Å². The number of Topliss-reactive ketones (excluding diaryl/α,β-unsaturated/α-hetero) is 1. The van der Waals surface area contributed by atoms with Gasteiger partial charge in [-0.15, -0.1) is 13.2 Å². The summed E-state index contributed by atoms with van der Waals surface area (Å²) in [5.74, 6) is -3.14. The van der Waals surface area contributed by atoms with Gasteiger partial charge in [0.25, 0.3) is 5.91 Å². The number of fused-ring (bicyclic) bond motifs is 5. The molecule has 2 aliphatic heterocycles. The van der Waals surface area contributed by atoms with Gasteiger partial charge in [0.15, 0.2) is 11.5 Å². The molecule has 14 nitrogen and oxygen atoms in total. The number of amides is 3. The molecule has 0 spiro atoms. The molecule has 3 fully saturated rings. The second kappa shape index (κ2) is 15.5. The third kappa shape index (κ3) is 8.30. The minimum absolute atomic E-state index is 0.0394. The Morgan fingerprint density at radius 1 is 1.02 bits per heavy atom. The SMILES string of the molecule is Cc1cc(C(=O)N[C@H]2CCCCC/C=C\[C@@H]3C[C@@]3(C(=O)NS(=O)(=O)C3(C)CC3)CC(=O)[C@@H]3C[C@@H](Oc4nc5ccccc5c5ccc(OC(F)(F)F)cc45)CN3C2=O)no1. The summed E-state index contributed by atoms with van der Waals surface area (Å²) in [7, 11) is -4.04. The molecule has 2 aromatic carbocycles. The molecule has 3 amide bonds. The second-order valence-electron chi connectivity index (χ2n) is 16.6. The fraction of sp³-hybridized carbons (Fsp3) is 0.476. The highest BCUT2D eigenvalue weighted by molar-refractivity contribution is 7.91. The number of carbonyl (C=O) groups is 4. The van der Waals surface area contributed by atoms with Gasteiger partial charge < -0.3 is 24.2 Å². The summed E-state index contributed by atoms with van der Waals surface area (Å²) in [6.45, 7) is 2.99. The number of aryl methyl sites for hydroxylation is 1. The van der Waals surface area contributed by atoms with Crippen molar-refractivity contribution < 1.29 is 54.8 Å². The van der Waals surface area contributed by atoms with E-state index >= 15 is 0 Å². The van der Waals surface area contributed by atoms with Gasteiger partial charge in [0, 0.05) is 29.7 Å². The van der Waals surface area contributed by atoms with Crippen LogP contribution in [0.15, 0.2) is 65.2 Å². The minimum atomic E-state index is -4.97. The molecular weight excluding hydrogens is 808 g/mol. The third-order valence-corrected chi connectivity index (χ3v) is 14.3. The number of carbonyl (C=O) groups excluding carboxylic acids is 4. The highest BCUT2D eigenvalue weighted by atomic mass is 32.2. The van der Waals surface area contributed by atoms with E-state index in [0.717, 1.165) is 6.42 Å². The van der Waals surface area contributed by atoms with Crippen molar-refractivity contribution >= 4 is 55.2 Å². The summed E-state index contributed by atoms with van der Waals surface area (Å²) < 4.78 is 83.4. The van der Waals surface area contributed by atoms with E-state index in [1.165, 1.54) is 29.2 Å². The van der Waals surface area contributed by atoms with E-state index in [2.05, 4.69) is 24.9 Å². The number of pyridine rings is 1. The molecule has 5 atom stereocenters. The number of benzene rings is 2. The first-order chi connectivity index (χ1) is 28.4. The number of alkyl halides is 3. The largest absolute Gasteiger partial charge is 0.573 e. The number of halogens is 3. The van der Waals surface area contributed by atoms with Crippen molar-refractivity contribution in [2.45, 2.75) is 107 Å². The van der Waals surface area contributed by atoms with Crippen molar-refractivity contribution in [1.82, 2.24) is 25.1 Å². The molecule has 2 N–H and O–H groups in total. The van der Waals surface area contributed by atoms with Crippen molar-refractivity contribution in [1.29, 1.82) is 0 Å². The van der Waals surface area contributed by atoms with Crippen molar-refractivity contribution in [2.75, 3.05) is 6.54 Å². The number of hydrogen-bond acceptors (Lipinski definition) is 11. The van der Waals surface area contributed by atoms with Crippen molar-refractivity contribution in [3.8, 4) is 11.6 Å². The zero-order valence-corrected chi connectivity index (χ0v) is 33.7. The van der Waals surface area contributed by atoms with Gasteiger partial charge in [-0.25, -0.2) is 13.4 Å². The van der Waals surface area contributed by atoms with Crippen LogP contribution in [0.2, 0.25) is 0 Å². The number of ketones is 1. The first-order valence-corrected chi connectivity index (χ1v) is 21.5. The molecule has 0 bridgehead atoms. The van der Waals surface area contributed by atoms with Gasteiger partial charge in [0.05, 0.1) is 28.3 Å². The van der Waals surface area contributed by atoms with Gasteiger partial charge in [0.1, 0.15) is 23.7 Å². The number of rotatable bonds is 8. The number of allylic oxidation sites excluding steroid dienone is 2. The molecule has 0 unspecified atom stereocenters. The summed E-state index contributed by atoms with van der Waals surface area (Å²) >= 11 is 0. The lowest BCUT2D eigenvalue weighted by atomic mass is 9.91. The van der Waals surface area contributed by atoms with Gasteiger partial charge in [-0.3, -0.25) is 23.9 Å². The summed E-state index contributed by atoms with van der Waals surface area (Å²) in [6.07, 6.45) is 1.25. The average molecular weight is 852 g/mol. The molecule has 18 heteroatoms. The lowest BCUT2D eigenvalue weighted by molar-refractivity contribution is -0.274. The molecule has 0 radical (unpaired) electrons. The maximum Gasteiger partial charge on any atom is 0.573 e. The Bertz CT molecular complexity index is 2520. The molecule has 2 saturated carbocycles. The monoisotopic (exact) mass is 851 g/mol. The topological polar surface area (TPSA) is 187 Å². The van der Waals surface area contributed by atoms with E-state index in [1.807, 2.05) is 12.2 Å². The van der Waals surface area contributed by atoms with Gasteiger partial charge in [-0.1, -0.05) is 48.3 Å². The molecule has 60 heavy (non-hydrogen) atoms. The first-order valence-electron chi connectivity index (χ1n) is 20.0. The first kappa shape index (κ1) is 41.2. The molecule has 2 aliphatic carbocycles. The number of ether oxygens (including phenoxy) is 2. The standard InChI is InChI=1S/C42H44F3N5O9S/c1-24-18-33(48-59-24)36(52)46-32-13-7-5-3-4-6-10-25-21-41(25,39(54)49-60(55,56)40(2)16-17-40)22-35(51)34-20-27(23-50(34)38(32)53)57-37-30-19-26(58-42(43,44)45)14-15-28(30)29-11-8-9-12-31(29)47-37/h6,8-12,14-15,18-19,25,27,32,34H,3-5,7,13,16-17,20-23H2,1-2H3,(H,46,52)(H,49,54)/b10-6-/t25-,27-,32+,34+,41-/m1/s1. The van der Waals surface area contributed by atoms with Crippen LogP contribution < -0.4 is 19.5 Å². The van der Waals surface area contributed by atoms with Crippen LogP contribution in [0.5, 0.6) is 11.6 Å². The van der Waals surface area contributed by atoms with Crippen LogP contribution in [-0.4, -0.2) is 82.8 Å². The zero-order valence-electron chi connectivity index (χ0n) is 32.9. The van der Waals surface area contributed by atoms with Crippen LogP contribution in [0.1, 0.15) is 87.4 Å². The Kier molecular flexibility index (Phi) is 10.6. The smallest absolute Gasteiger partial charge is 0.472 e. The molecule has 4 aromatic rings. The number of para-hydroxylation sites is 1. The summed E-state index contributed by atoms with van der Waals surface area (Å²) in [5, 5.41) is 7.90. The predicted octanol–water partition coefficient (Wildman–Crippen LogP) is 6.21. The van der Waals surface area contributed by atoms with Crippen molar-refractivity contribution in [3.63, 3.8) is 0 Å². The molecule has 1 saturated heterocycles. The summed E-state index contributed by atoms with van der Waals surface area (Å²) in [4.78, 5) is 62.7.